The van der Waals surface area contributed by atoms with Gasteiger partial charge in [-0.2, -0.15) is 5.26 Å². The number of aromatic amines is 1. The lowest BCUT2D eigenvalue weighted by molar-refractivity contribution is -0.384. The van der Waals surface area contributed by atoms with E-state index in [1.54, 1.807) is 26.4 Å². The molecule has 4 aliphatic carbocycles. The summed E-state index contributed by atoms with van der Waals surface area (Å²) in [4.78, 5) is 67.6. The van der Waals surface area contributed by atoms with E-state index in [-0.39, 0.29) is 84.1 Å². The van der Waals surface area contributed by atoms with Gasteiger partial charge in [0.2, 0.25) is 11.8 Å². The van der Waals surface area contributed by atoms with Crippen molar-refractivity contribution >= 4 is 31.9 Å². The van der Waals surface area contributed by atoms with Crippen molar-refractivity contribution in [2.45, 2.75) is 126 Å². The molecule has 82 heavy (non-hydrogen) atoms. The minimum absolute atomic E-state index is 0.00212. The lowest BCUT2D eigenvalue weighted by Crippen LogP contribution is -2.55. The predicted molar refractivity (Wildman–Crippen MR) is 310 cm³/mol. The molecule has 1 aromatic heterocycles. The Bertz CT molecular complexity index is 3180. The van der Waals surface area contributed by atoms with E-state index in [9.17, 15) is 39.7 Å². The number of amides is 2. The molecule has 5 aromatic rings. The van der Waals surface area contributed by atoms with Gasteiger partial charge < -0.3 is 39.2 Å². The number of nitriles is 1. The molecule has 20 heteroatoms. The summed E-state index contributed by atoms with van der Waals surface area (Å²) in [6.45, 7) is 7.98. The number of hydrogen-bond donors (Lipinski definition) is 4. The molecule has 8 atom stereocenters. The number of nitrogens with one attached hydrogen (secondary N) is 3. The van der Waals surface area contributed by atoms with Crippen molar-refractivity contribution in [3.8, 4) is 17.6 Å². The molecule has 434 valence electrons. The standard InChI is InChI=1S/C62H74N7O12P/c1-41(2)68(42(3)4)82(80-30-10-27-63)61(74)37-56(81-53(61)39-79-62(47-11-8-7-9-12-47,48-16-22-51(77-5)23-17-48)49-18-24-52(78-6)25-19-49)67-38-45(57(72)66-58(67)73)13-26-54(70)64-28-29-65-55(71)36-59-32-43-31-44(33-59)35-60(34-43,40-59)46-14-20-50(21-15-46)69(75)76/h7-9,11-26,38,41-44,53,56,74H,10,28-37,39-40H2,1-6H3,(H,64,70)(H,65,71)(H,66,72,73)/b26-13+/t43-,44+,53-,56-,59?,60?,61-,82?/m1/s1. The minimum Gasteiger partial charge on any atom is -0.497 e. The number of rotatable bonds is 25. The summed E-state index contributed by atoms with van der Waals surface area (Å²) in [5.41, 5.74) is 0.179. The van der Waals surface area contributed by atoms with E-state index in [1.165, 1.54) is 22.9 Å². The number of non-ortho nitro benzene ring substituents is 1. The molecule has 4 bridgehead atoms. The van der Waals surface area contributed by atoms with Crippen molar-refractivity contribution < 1.29 is 43.1 Å². The summed E-state index contributed by atoms with van der Waals surface area (Å²) in [5, 5.41) is 38.5. The second-order valence-electron chi connectivity index (χ2n) is 23.0. The zero-order chi connectivity index (χ0) is 58.4. The van der Waals surface area contributed by atoms with Crippen LogP contribution in [0.4, 0.5) is 5.69 Å². The third-order valence-corrected chi connectivity index (χ3v) is 19.7. The maximum absolute atomic E-state index is 14.0. The maximum atomic E-state index is 14.0. The number of carbonyl (C=O) groups excluding carboxylic acids is 2. The van der Waals surface area contributed by atoms with Crippen LogP contribution in [0.5, 0.6) is 11.5 Å². The molecule has 2 heterocycles. The SMILES string of the molecule is COc1ccc(C(OC[C@H]2O[C@@H](n3cc(/C=C/C(=O)NCCNC(=O)CC45C[C@H]6C[C@@H](C4)CC(c4ccc([N+](=O)[O-])cc4)(C6)C5)c(=O)[nH]c3=O)C[C@@]2(O)P(OCCC#N)N(C(C)C)C(C)C)(c2ccccc2)c2ccc(OC)cc2)cc1. The first kappa shape index (κ1) is 59.6. The topological polar surface area (TPSA) is 250 Å². The summed E-state index contributed by atoms with van der Waals surface area (Å²) in [7, 11) is 1.13. The molecule has 4 aromatic carbocycles. The monoisotopic (exact) mass is 1140 g/mol. The van der Waals surface area contributed by atoms with Gasteiger partial charge in [-0.1, -0.05) is 66.7 Å². The summed E-state index contributed by atoms with van der Waals surface area (Å²) >= 11 is 0. The van der Waals surface area contributed by atoms with Gasteiger partial charge in [-0.15, -0.1) is 0 Å². The Morgan fingerprint density at radius 2 is 1.49 bits per heavy atom. The number of H-pyrrole nitrogens is 1. The minimum atomic E-state index is -2.05. The van der Waals surface area contributed by atoms with Gasteiger partial charge in [-0.05, 0) is 141 Å². The number of benzene rings is 4. The fourth-order valence-electron chi connectivity index (χ4n) is 13.9. The Hall–Kier alpha value is -7.04. The number of methoxy groups -OCH3 is 2. The second-order valence-corrected chi connectivity index (χ2v) is 25.0. The molecular formula is C62H74N7O12P. The van der Waals surface area contributed by atoms with Crippen molar-refractivity contribution in [3.63, 3.8) is 0 Å². The van der Waals surface area contributed by atoms with Crippen LogP contribution in [0.2, 0.25) is 0 Å². The highest BCUT2D eigenvalue weighted by Crippen LogP contribution is 2.67. The number of ether oxygens (including phenoxy) is 4. The van der Waals surface area contributed by atoms with Crippen LogP contribution in [0.3, 0.4) is 0 Å². The van der Waals surface area contributed by atoms with Gasteiger partial charge in [0, 0.05) is 62.4 Å². The Labute approximate surface area is 479 Å². The Morgan fingerprint density at radius 3 is 2.06 bits per heavy atom. The van der Waals surface area contributed by atoms with Crippen LogP contribution in [0.1, 0.15) is 120 Å². The number of aliphatic hydroxyl groups is 1. The molecule has 0 radical (unpaired) electrons. The van der Waals surface area contributed by atoms with E-state index < -0.39 is 48.7 Å². The number of hydrogen-bond acceptors (Lipinski definition) is 14. The number of aromatic nitrogens is 2. The Kier molecular flexibility index (Phi) is 18.3. The van der Waals surface area contributed by atoms with E-state index in [1.807, 2.05) is 119 Å². The van der Waals surface area contributed by atoms with Crippen LogP contribution in [0.15, 0.2) is 125 Å². The summed E-state index contributed by atoms with van der Waals surface area (Å²) < 4.78 is 35.1. The maximum Gasteiger partial charge on any atom is 0.330 e. The molecule has 5 aliphatic rings. The summed E-state index contributed by atoms with van der Waals surface area (Å²) in [5.74, 6) is 1.61. The molecule has 4 N–H and O–H groups in total. The third kappa shape index (κ3) is 12.5. The first-order chi connectivity index (χ1) is 39.3. The first-order valence-electron chi connectivity index (χ1n) is 28.1. The number of nitrogens with zero attached hydrogens (tertiary/aromatic N) is 4. The molecule has 1 saturated heterocycles. The molecule has 2 amide bonds. The van der Waals surface area contributed by atoms with Gasteiger partial charge in [0.05, 0.1) is 50.4 Å². The van der Waals surface area contributed by atoms with Crippen molar-refractivity contribution in [1.82, 2.24) is 24.9 Å². The Morgan fingerprint density at radius 1 is 0.890 bits per heavy atom. The van der Waals surface area contributed by atoms with Crippen LogP contribution >= 0.6 is 8.30 Å². The first-order valence-corrected chi connectivity index (χ1v) is 29.3. The molecule has 10 rings (SSSR count). The van der Waals surface area contributed by atoms with Gasteiger partial charge in [0.15, 0.2) is 5.34 Å². The Balaban J connectivity index is 0.937. The quantitative estimate of drug-likeness (QED) is 0.0106. The lowest BCUT2D eigenvalue weighted by Gasteiger charge is -2.62. The molecule has 4 saturated carbocycles. The summed E-state index contributed by atoms with van der Waals surface area (Å²) in [6.07, 6.45) is 7.56. The largest absolute Gasteiger partial charge is 0.497 e. The fraction of sp³-hybridized carbons (Fsp3) is 0.468. The van der Waals surface area contributed by atoms with Crippen molar-refractivity contribution in [2.75, 3.05) is 40.5 Å². The van der Waals surface area contributed by atoms with Gasteiger partial charge in [0.1, 0.15) is 37.7 Å². The fourth-order valence-corrected chi connectivity index (χ4v) is 16.5. The van der Waals surface area contributed by atoms with Crippen LogP contribution in [0, 0.1) is 38.7 Å². The molecule has 3 unspecified atom stereocenters. The van der Waals surface area contributed by atoms with E-state index in [0.717, 1.165) is 60.8 Å². The highest BCUT2D eigenvalue weighted by Gasteiger charge is 2.60. The van der Waals surface area contributed by atoms with E-state index in [0.29, 0.717) is 29.8 Å². The molecule has 0 spiro atoms. The van der Waals surface area contributed by atoms with Gasteiger partial charge in [0.25, 0.3) is 11.2 Å². The van der Waals surface area contributed by atoms with Crippen molar-refractivity contribution in [2.24, 2.45) is 17.3 Å². The van der Waals surface area contributed by atoms with Gasteiger partial charge in [-0.25, -0.2) is 4.79 Å². The average molecular weight is 1140 g/mol. The van der Waals surface area contributed by atoms with Crippen molar-refractivity contribution in [1.29, 1.82) is 5.26 Å². The van der Waals surface area contributed by atoms with Crippen LogP contribution in [0.25, 0.3) is 6.08 Å². The number of carbonyl (C=O) groups is 2. The smallest absolute Gasteiger partial charge is 0.330 e. The van der Waals surface area contributed by atoms with Gasteiger partial charge >= 0.3 is 5.69 Å². The van der Waals surface area contributed by atoms with E-state index in [4.69, 9.17) is 23.5 Å². The molecule has 19 nitrogen and oxygen atoms in total. The zero-order valence-corrected chi connectivity index (χ0v) is 48.3. The van der Waals surface area contributed by atoms with Gasteiger partial charge in [-0.3, -0.25) is 38.7 Å². The van der Waals surface area contributed by atoms with E-state index in [2.05, 4.69) is 26.4 Å². The highest BCUT2D eigenvalue weighted by atomic mass is 31.2. The number of nitro benzene ring substituents is 1. The zero-order valence-electron chi connectivity index (χ0n) is 47.4. The highest BCUT2D eigenvalue weighted by molar-refractivity contribution is 7.51. The molecule has 5 fully saturated rings. The molecular weight excluding hydrogens is 1070 g/mol. The second kappa shape index (κ2) is 25.2. The average Bonchev–Trinajstić information content (AvgIpc) is 1.74. The predicted octanol–water partition coefficient (Wildman–Crippen LogP) is 8.98. The van der Waals surface area contributed by atoms with Crippen LogP contribution in [-0.4, -0.2) is 100 Å². The van der Waals surface area contributed by atoms with Crippen LogP contribution < -0.4 is 31.4 Å². The molecule has 1 aliphatic heterocycles. The van der Waals surface area contributed by atoms with Crippen LogP contribution in [-0.2, 0) is 34.6 Å². The lowest BCUT2D eigenvalue weighted by atomic mass is 9.42. The number of nitro groups is 1. The van der Waals surface area contributed by atoms with E-state index >= 15 is 0 Å². The third-order valence-electron chi connectivity index (χ3n) is 16.8. The normalized spacial score (nSPS) is 24.2. The summed E-state index contributed by atoms with van der Waals surface area (Å²) in [6, 6.07) is 33.5. The van der Waals surface area contributed by atoms with Crippen molar-refractivity contribution in [3.05, 3.63) is 174 Å².